The first-order valence-electron chi connectivity index (χ1n) is 3.82. The summed E-state index contributed by atoms with van der Waals surface area (Å²) in [5, 5.41) is 0. The molecule has 1 rings (SSSR count). The van der Waals surface area contributed by atoms with E-state index in [1.54, 1.807) is 18.2 Å². The van der Waals surface area contributed by atoms with E-state index in [0.717, 1.165) is 6.42 Å². The van der Waals surface area contributed by atoms with Crippen LogP contribution in [0.3, 0.4) is 0 Å². The lowest BCUT2D eigenvalue weighted by Crippen LogP contribution is -1.98. The summed E-state index contributed by atoms with van der Waals surface area (Å²) < 4.78 is 19.0. The molecule has 0 heterocycles. The van der Waals surface area contributed by atoms with E-state index in [9.17, 15) is 4.39 Å². The standard InChI is InChI=1S/C9H10FIO/c1-2-6-12-8-5-3-4-7(11)9(8)10/h3-5H,2,6H2,1H3. The Morgan fingerprint density at radius 2 is 2.25 bits per heavy atom. The average molecular weight is 280 g/mol. The molecule has 0 aliphatic carbocycles. The fourth-order valence-electron chi connectivity index (χ4n) is 0.808. The van der Waals surface area contributed by atoms with E-state index in [2.05, 4.69) is 0 Å². The number of ether oxygens (including phenoxy) is 1. The third kappa shape index (κ3) is 2.33. The Labute approximate surface area is 85.1 Å². The third-order valence-corrected chi connectivity index (χ3v) is 2.21. The molecule has 0 unspecified atom stereocenters. The summed E-state index contributed by atoms with van der Waals surface area (Å²) in [6.45, 7) is 2.56. The molecule has 0 aromatic heterocycles. The van der Waals surface area contributed by atoms with Gasteiger partial charge >= 0.3 is 0 Å². The number of benzene rings is 1. The summed E-state index contributed by atoms with van der Waals surface area (Å²) >= 11 is 1.95. The summed E-state index contributed by atoms with van der Waals surface area (Å²) in [6, 6.07) is 5.15. The minimum Gasteiger partial charge on any atom is -0.490 e. The van der Waals surface area contributed by atoms with E-state index in [1.807, 2.05) is 29.5 Å². The van der Waals surface area contributed by atoms with Crippen molar-refractivity contribution in [3.05, 3.63) is 27.6 Å². The van der Waals surface area contributed by atoms with Crippen LogP contribution in [-0.4, -0.2) is 6.61 Å². The largest absolute Gasteiger partial charge is 0.490 e. The van der Waals surface area contributed by atoms with Crippen molar-refractivity contribution in [1.82, 2.24) is 0 Å². The monoisotopic (exact) mass is 280 g/mol. The van der Waals surface area contributed by atoms with Gasteiger partial charge < -0.3 is 4.74 Å². The Bertz CT molecular complexity index is 263. The minimum absolute atomic E-state index is 0.258. The van der Waals surface area contributed by atoms with Gasteiger partial charge in [-0.05, 0) is 41.1 Å². The summed E-state index contributed by atoms with van der Waals surface area (Å²) in [7, 11) is 0. The molecule has 0 saturated heterocycles. The van der Waals surface area contributed by atoms with Gasteiger partial charge in [-0.2, -0.15) is 0 Å². The molecule has 0 bridgehead atoms. The van der Waals surface area contributed by atoms with Crippen LogP contribution in [0.15, 0.2) is 18.2 Å². The molecule has 66 valence electrons. The van der Waals surface area contributed by atoms with Crippen LogP contribution >= 0.6 is 22.6 Å². The Kier molecular flexibility index (Phi) is 3.78. The van der Waals surface area contributed by atoms with Crippen LogP contribution < -0.4 is 4.74 Å². The minimum atomic E-state index is -0.258. The van der Waals surface area contributed by atoms with E-state index >= 15 is 0 Å². The summed E-state index contributed by atoms with van der Waals surface area (Å²) in [5.74, 6) is 0.0929. The zero-order valence-electron chi connectivity index (χ0n) is 6.81. The molecule has 0 radical (unpaired) electrons. The molecule has 1 aromatic rings. The number of rotatable bonds is 3. The molecule has 1 aromatic carbocycles. The van der Waals surface area contributed by atoms with E-state index < -0.39 is 0 Å². The maximum absolute atomic E-state index is 13.2. The zero-order chi connectivity index (χ0) is 8.97. The van der Waals surface area contributed by atoms with Crippen molar-refractivity contribution < 1.29 is 9.13 Å². The Morgan fingerprint density at radius 1 is 1.50 bits per heavy atom. The van der Waals surface area contributed by atoms with Crippen molar-refractivity contribution in [3.63, 3.8) is 0 Å². The molecule has 0 saturated carbocycles. The van der Waals surface area contributed by atoms with Gasteiger partial charge in [-0.15, -0.1) is 0 Å². The fraction of sp³-hybridized carbons (Fsp3) is 0.333. The molecule has 12 heavy (non-hydrogen) atoms. The summed E-state index contributed by atoms with van der Waals surface area (Å²) in [5.41, 5.74) is 0. The van der Waals surface area contributed by atoms with Crippen molar-refractivity contribution in [2.24, 2.45) is 0 Å². The van der Waals surface area contributed by atoms with Crippen molar-refractivity contribution in [1.29, 1.82) is 0 Å². The lowest BCUT2D eigenvalue weighted by molar-refractivity contribution is 0.300. The topological polar surface area (TPSA) is 9.23 Å². The van der Waals surface area contributed by atoms with E-state index in [4.69, 9.17) is 4.74 Å². The molecular formula is C9H10FIO. The number of hydrogen-bond acceptors (Lipinski definition) is 1. The van der Waals surface area contributed by atoms with E-state index in [-0.39, 0.29) is 5.82 Å². The maximum atomic E-state index is 13.2. The zero-order valence-corrected chi connectivity index (χ0v) is 8.97. The Hall–Kier alpha value is -0.320. The van der Waals surface area contributed by atoms with Crippen molar-refractivity contribution in [2.75, 3.05) is 6.61 Å². The average Bonchev–Trinajstić information content (AvgIpc) is 2.08. The highest BCUT2D eigenvalue weighted by atomic mass is 127. The lowest BCUT2D eigenvalue weighted by atomic mass is 10.3. The smallest absolute Gasteiger partial charge is 0.178 e. The third-order valence-electron chi connectivity index (χ3n) is 1.38. The second-order valence-corrected chi connectivity index (χ2v) is 3.56. The van der Waals surface area contributed by atoms with Gasteiger partial charge in [0.2, 0.25) is 0 Å². The van der Waals surface area contributed by atoms with Crippen LogP contribution in [0.25, 0.3) is 0 Å². The molecule has 0 amide bonds. The second kappa shape index (κ2) is 4.64. The lowest BCUT2D eigenvalue weighted by Gasteiger charge is -2.05. The number of hydrogen-bond donors (Lipinski definition) is 0. The van der Waals surface area contributed by atoms with Crippen molar-refractivity contribution >= 4 is 22.6 Å². The highest BCUT2D eigenvalue weighted by molar-refractivity contribution is 14.1. The van der Waals surface area contributed by atoms with Gasteiger partial charge in [-0.25, -0.2) is 4.39 Å². The molecule has 1 nitrogen and oxygen atoms in total. The molecule has 0 atom stereocenters. The Morgan fingerprint density at radius 3 is 2.92 bits per heavy atom. The van der Waals surface area contributed by atoms with Crippen molar-refractivity contribution in [2.45, 2.75) is 13.3 Å². The highest BCUT2D eigenvalue weighted by Crippen LogP contribution is 2.21. The first-order chi connectivity index (χ1) is 5.75. The van der Waals surface area contributed by atoms with Crippen LogP contribution in [0, 0.1) is 9.39 Å². The van der Waals surface area contributed by atoms with E-state index in [0.29, 0.717) is 15.9 Å². The van der Waals surface area contributed by atoms with Gasteiger partial charge in [-0.1, -0.05) is 13.0 Å². The van der Waals surface area contributed by atoms with Gasteiger partial charge in [0.05, 0.1) is 10.2 Å². The molecule has 0 aliphatic heterocycles. The second-order valence-electron chi connectivity index (χ2n) is 2.40. The fourth-order valence-corrected chi connectivity index (χ4v) is 1.28. The normalized spacial score (nSPS) is 9.92. The Balaban J connectivity index is 2.78. The van der Waals surface area contributed by atoms with Crippen LogP contribution in [-0.2, 0) is 0 Å². The first-order valence-corrected chi connectivity index (χ1v) is 4.90. The van der Waals surface area contributed by atoms with E-state index in [1.165, 1.54) is 0 Å². The highest BCUT2D eigenvalue weighted by Gasteiger charge is 2.05. The molecule has 3 heteroatoms. The molecule has 0 aliphatic rings. The van der Waals surface area contributed by atoms with Gasteiger partial charge in [0, 0.05) is 0 Å². The molecule has 0 fully saturated rings. The predicted molar refractivity (Wildman–Crippen MR) is 54.9 cm³/mol. The van der Waals surface area contributed by atoms with Crippen LogP contribution in [0.2, 0.25) is 0 Å². The van der Waals surface area contributed by atoms with Gasteiger partial charge in [0.15, 0.2) is 11.6 Å². The maximum Gasteiger partial charge on any atom is 0.178 e. The van der Waals surface area contributed by atoms with Crippen LogP contribution in [0.4, 0.5) is 4.39 Å². The molecule has 0 spiro atoms. The number of halogens is 2. The predicted octanol–water partition coefficient (Wildman–Crippen LogP) is 3.22. The summed E-state index contributed by atoms with van der Waals surface area (Å²) in [6.07, 6.45) is 0.894. The SMILES string of the molecule is CCCOc1cccc(I)c1F. The van der Waals surface area contributed by atoms with Crippen molar-refractivity contribution in [3.8, 4) is 5.75 Å². The molecular weight excluding hydrogens is 270 g/mol. The summed E-state index contributed by atoms with van der Waals surface area (Å²) in [4.78, 5) is 0. The van der Waals surface area contributed by atoms with Gasteiger partial charge in [0.25, 0.3) is 0 Å². The van der Waals surface area contributed by atoms with Crippen LogP contribution in [0.1, 0.15) is 13.3 Å². The molecule has 0 N–H and O–H groups in total. The quantitative estimate of drug-likeness (QED) is 0.772. The van der Waals surface area contributed by atoms with Gasteiger partial charge in [-0.3, -0.25) is 0 Å². The van der Waals surface area contributed by atoms with Crippen LogP contribution in [0.5, 0.6) is 5.75 Å². The first kappa shape index (κ1) is 9.77. The van der Waals surface area contributed by atoms with Gasteiger partial charge in [0.1, 0.15) is 0 Å².